The molecule has 0 unspecified atom stereocenters. The molecule has 3 aromatic carbocycles. The van der Waals surface area contributed by atoms with Crippen molar-refractivity contribution < 1.29 is 18.0 Å². The predicted octanol–water partition coefficient (Wildman–Crippen LogP) is 5.22. The zero-order valence-corrected chi connectivity index (χ0v) is 24.4. The van der Waals surface area contributed by atoms with Crippen LogP contribution >= 0.6 is 11.6 Å². The van der Waals surface area contributed by atoms with Crippen LogP contribution in [0.4, 0.5) is 5.69 Å². The summed E-state index contributed by atoms with van der Waals surface area (Å²) < 4.78 is 28.8. The van der Waals surface area contributed by atoms with Gasteiger partial charge in [0.15, 0.2) is 0 Å². The van der Waals surface area contributed by atoms with Crippen molar-refractivity contribution in [3.63, 3.8) is 0 Å². The van der Waals surface area contributed by atoms with Crippen LogP contribution in [-0.4, -0.2) is 50.3 Å². The molecule has 7 nitrogen and oxygen atoms in total. The Morgan fingerprint density at radius 2 is 1.62 bits per heavy atom. The highest BCUT2D eigenvalue weighted by Crippen LogP contribution is 2.26. The number of halogens is 1. The van der Waals surface area contributed by atoms with Crippen molar-refractivity contribution in [2.75, 3.05) is 17.4 Å². The predicted molar refractivity (Wildman–Crippen MR) is 156 cm³/mol. The van der Waals surface area contributed by atoms with Crippen molar-refractivity contribution in [2.45, 2.75) is 57.5 Å². The molecule has 0 saturated heterocycles. The third-order valence-corrected chi connectivity index (χ3v) is 8.31. The Balaban J connectivity index is 2.01. The minimum absolute atomic E-state index is 0.0154. The monoisotopic (exact) mass is 569 g/mol. The van der Waals surface area contributed by atoms with Gasteiger partial charge in [-0.15, -0.1) is 0 Å². The normalized spacial score (nSPS) is 12.2. The van der Waals surface area contributed by atoms with Crippen molar-refractivity contribution in [3.05, 3.63) is 95.0 Å². The highest BCUT2D eigenvalue weighted by atomic mass is 35.5. The van der Waals surface area contributed by atoms with E-state index in [1.54, 1.807) is 18.2 Å². The molecule has 0 spiro atoms. The lowest BCUT2D eigenvalue weighted by Crippen LogP contribution is -2.54. The smallest absolute Gasteiger partial charge is 0.264 e. The van der Waals surface area contributed by atoms with E-state index >= 15 is 0 Å². The fourth-order valence-electron chi connectivity index (χ4n) is 4.32. The maximum Gasteiger partial charge on any atom is 0.264 e. The van der Waals surface area contributed by atoms with Gasteiger partial charge in [-0.3, -0.25) is 13.9 Å². The molecule has 0 fully saturated rings. The van der Waals surface area contributed by atoms with Crippen LogP contribution in [0.2, 0.25) is 5.02 Å². The number of carbonyl (C=O) groups is 2. The molecule has 39 heavy (non-hydrogen) atoms. The van der Waals surface area contributed by atoms with Gasteiger partial charge in [0.05, 0.1) is 10.6 Å². The van der Waals surface area contributed by atoms with Crippen molar-refractivity contribution in [3.8, 4) is 0 Å². The Labute approximate surface area is 236 Å². The standard InChI is InChI=1S/C30H36ClN3O4S/c1-5-28(30(36)32-22(2)3)33(19-18-24-11-7-6-8-12-24)29(35)21-34(26-13-9-10-23(4)20-26)39(37,38)27-16-14-25(31)15-17-27/h6-17,20,22,28H,5,18-19,21H2,1-4H3,(H,32,36)/t28-/m1/s1. The SMILES string of the molecule is CC[C@H](C(=O)NC(C)C)N(CCc1ccccc1)C(=O)CN(c1cccc(C)c1)S(=O)(=O)c1ccc(Cl)cc1. The number of hydrogen-bond donors (Lipinski definition) is 1. The Hall–Kier alpha value is -3.36. The molecule has 0 aliphatic rings. The first kappa shape index (κ1) is 30.2. The lowest BCUT2D eigenvalue weighted by atomic mass is 10.1. The average molecular weight is 570 g/mol. The molecular formula is C30H36ClN3O4S. The first-order valence-corrected chi connectivity index (χ1v) is 14.8. The molecule has 3 aromatic rings. The summed E-state index contributed by atoms with van der Waals surface area (Å²) in [7, 11) is -4.13. The number of anilines is 1. The molecule has 0 heterocycles. The van der Waals surface area contributed by atoms with Crippen LogP contribution in [0.25, 0.3) is 0 Å². The third kappa shape index (κ3) is 8.07. The van der Waals surface area contributed by atoms with Crippen molar-refractivity contribution in [1.29, 1.82) is 0 Å². The fourth-order valence-corrected chi connectivity index (χ4v) is 5.85. The summed E-state index contributed by atoms with van der Waals surface area (Å²) in [4.78, 5) is 28.6. The Morgan fingerprint density at radius 3 is 2.21 bits per heavy atom. The van der Waals surface area contributed by atoms with E-state index in [1.807, 2.05) is 64.1 Å². The zero-order valence-electron chi connectivity index (χ0n) is 22.8. The number of aryl methyl sites for hydroxylation is 1. The van der Waals surface area contributed by atoms with E-state index in [2.05, 4.69) is 5.32 Å². The van der Waals surface area contributed by atoms with E-state index in [0.29, 0.717) is 23.6 Å². The average Bonchev–Trinajstić information content (AvgIpc) is 2.89. The molecule has 0 saturated carbocycles. The second-order valence-corrected chi connectivity index (χ2v) is 12.0. The number of carbonyl (C=O) groups excluding carboxylic acids is 2. The molecule has 2 amide bonds. The van der Waals surface area contributed by atoms with Gasteiger partial charge in [-0.1, -0.05) is 61.0 Å². The maximum atomic E-state index is 14.0. The molecule has 1 N–H and O–H groups in total. The number of hydrogen-bond acceptors (Lipinski definition) is 4. The molecule has 0 aromatic heterocycles. The van der Waals surface area contributed by atoms with E-state index < -0.39 is 28.5 Å². The van der Waals surface area contributed by atoms with Crippen LogP contribution in [0.3, 0.4) is 0 Å². The van der Waals surface area contributed by atoms with Gasteiger partial charge in [-0.25, -0.2) is 8.42 Å². The van der Waals surface area contributed by atoms with Gasteiger partial charge in [-0.2, -0.15) is 0 Å². The van der Waals surface area contributed by atoms with Crippen LogP contribution in [0, 0.1) is 6.92 Å². The van der Waals surface area contributed by atoms with Crippen LogP contribution in [0.1, 0.15) is 38.3 Å². The van der Waals surface area contributed by atoms with E-state index in [9.17, 15) is 18.0 Å². The number of rotatable bonds is 12. The number of sulfonamides is 1. The molecule has 208 valence electrons. The maximum absolute atomic E-state index is 14.0. The molecular weight excluding hydrogens is 534 g/mol. The van der Waals surface area contributed by atoms with Crippen LogP contribution < -0.4 is 9.62 Å². The second kappa shape index (κ2) is 13.6. The molecule has 0 aliphatic carbocycles. The largest absolute Gasteiger partial charge is 0.352 e. The summed E-state index contributed by atoms with van der Waals surface area (Å²) >= 11 is 6.00. The fraction of sp³-hybridized carbons (Fsp3) is 0.333. The van der Waals surface area contributed by atoms with Gasteiger partial charge < -0.3 is 10.2 Å². The van der Waals surface area contributed by atoms with E-state index in [4.69, 9.17) is 11.6 Å². The summed E-state index contributed by atoms with van der Waals surface area (Å²) in [6.45, 7) is 7.21. The molecule has 9 heteroatoms. The zero-order chi connectivity index (χ0) is 28.6. The van der Waals surface area contributed by atoms with Crippen molar-refractivity contribution in [2.24, 2.45) is 0 Å². The summed E-state index contributed by atoms with van der Waals surface area (Å²) in [6.07, 6.45) is 0.903. The van der Waals surface area contributed by atoms with Crippen molar-refractivity contribution in [1.82, 2.24) is 10.2 Å². The van der Waals surface area contributed by atoms with Crippen LogP contribution in [-0.2, 0) is 26.0 Å². The van der Waals surface area contributed by atoms with Gasteiger partial charge in [-0.05, 0) is 81.1 Å². The van der Waals surface area contributed by atoms with Gasteiger partial charge in [0.25, 0.3) is 10.0 Å². The highest BCUT2D eigenvalue weighted by molar-refractivity contribution is 7.92. The summed E-state index contributed by atoms with van der Waals surface area (Å²) in [5.74, 6) is -0.729. The first-order chi connectivity index (χ1) is 18.5. The molecule has 0 bridgehead atoms. The van der Waals surface area contributed by atoms with E-state index in [-0.39, 0.29) is 23.4 Å². The molecule has 1 atom stereocenters. The lowest BCUT2D eigenvalue weighted by Gasteiger charge is -2.33. The summed E-state index contributed by atoms with van der Waals surface area (Å²) in [5.41, 5.74) is 2.22. The Bertz CT molecular complexity index is 1360. The topological polar surface area (TPSA) is 86.8 Å². The second-order valence-electron chi connectivity index (χ2n) is 9.71. The number of nitrogens with one attached hydrogen (secondary N) is 1. The Kier molecular flexibility index (Phi) is 10.5. The number of benzene rings is 3. The first-order valence-electron chi connectivity index (χ1n) is 13.0. The molecule has 0 radical (unpaired) electrons. The van der Waals surface area contributed by atoms with E-state index in [0.717, 1.165) is 15.4 Å². The third-order valence-electron chi connectivity index (χ3n) is 6.27. The molecule has 3 rings (SSSR count). The van der Waals surface area contributed by atoms with Crippen LogP contribution in [0.5, 0.6) is 0 Å². The lowest BCUT2D eigenvalue weighted by molar-refractivity contribution is -0.139. The minimum Gasteiger partial charge on any atom is -0.352 e. The number of nitrogens with zero attached hydrogens (tertiary/aromatic N) is 2. The highest BCUT2D eigenvalue weighted by Gasteiger charge is 2.33. The van der Waals surface area contributed by atoms with Gasteiger partial charge >= 0.3 is 0 Å². The quantitative estimate of drug-likeness (QED) is 0.324. The van der Waals surface area contributed by atoms with Gasteiger partial charge in [0, 0.05) is 17.6 Å². The van der Waals surface area contributed by atoms with Crippen LogP contribution in [0.15, 0.2) is 83.8 Å². The van der Waals surface area contributed by atoms with E-state index in [1.165, 1.54) is 29.2 Å². The summed E-state index contributed by atoms with van der Waals surface area (Å²) in [6, 6.07) is 21.6. The minimum atomic E-state index is -4.13. The van der Waals surface area contributed by atoms with Gasteiger partial charge in [0.2, 0.25) is 11.8 Å². The Morgan fingerprint density at radius 1 is 0.949 bits per heavy atom. The van der Waals surface area contributed by atoms with Crippen molar-refractivity contribution >= 4 is 39.1 Å². The summed E-state index contributed by atoms with van der Waals surface area (Å²) in [5, 5.41) is 3.31. The molecule has 0 aliphatic heterocycles. The number of amides is 2. The van der Waals surface area contributed by atoms with Gasteiger partial charge in [0.1, 0.15) is 12.6 Å².